The third kappa shape index (κ3) is 4.13. The van der Waals surface area contributed by atoms with Gasteiger partial charge in [-0.3, -0.25) is 0 Å². The minimum absolute atomic E-state index is 0.103. The summed E-state index contributed by atoms with van der Waals surface area (Å²) in [5.41, 5.74) is 0.592. The van der Waals surface area contributed by atoms with E-state index in [0.29, 0.717) is 18.5 Å². The van der Waals surface area contributed by atoms with E-state index in [4.69, 9.17) is 0 Å². The number of hydrogen-bond acceptors (Lipinski definition) is 3. The van der Waals surface area contributed by atoms with Gasteiger partial charge in [0.15, 0.2) is 0 Å². The zero-order chi connectivity index (χ0) is 14.6. The van der Waals surface area contributed by atoms with Crippen molar-refractivity contribution >= 4 is 21.4 Å². The number of nitrogens with zero attached hydrogens (tertiary/aromatic N) is 1. The second-order valence-electron chi connectivity index (χ2n) is 4.53. The lowest BCUT2D eigenvalue weighted by Gasteiger charge is -2.16. The van der Waals surface area contributed by atoms with Gasteiger partial charge in [-0.2, -0.15) is 0 Å². The Bertz CT molecular complexity index is 636. The van der Waals surface area contributed by atoms with Crippen LogP contribution in [0.25, 0.3) is 0 Å². The molecule has 108 valence electrons. The Balaban J connectivity index is 1.96. The molecule has 0 fully saturated rings. The molecule has 0 aliphatic rings. The molecule has 20 heavy (non-hydrogen) atoms. The van der Waals surface area contributed by atoms with Crippen LogP contribution in [0.4, 0.5) is 4.39 Å². The van der Waals surface area contributed by atoms with Crippen LogP contribution in [-0.4, -0.2) is 26.3 Å². The van der Waals surface area contributed by atoms with Crippen LogP contribution in [-0.2, 0) is 22.2 Å². The Morgan fingerprint density at radius 1 is 1.20 bits per heavy atom. The van der Waals surface area contributed by atoms with Gasteiger partial charge >= 0.3 is 0 Å². The molecular formula is C14H16FNO2S2. The van der Waals surface area contributed by atoms with Crippen molar-refractivity contribution in [3.05, 3.63) is 58.0 Å². The molecule has 0 amide bonds. The van der Waals surface area contributed by atoms with Crippen molar-refractivity contribution in [2.75, 3.05) is 13.6 Å². The number of rotatable bonds is 6. The van der Waals surface area contributed by atoms with Crippen LogP contribution < -0.4 is 0 Å². The molecule has 0 bridgehead atoms. The molecule has 6 heteroatoms. The van der Waals surface area contributed by atoms with Crippen LogP contribution >= 0.6 is 11.3 Å². The molecule has 0 unspecified atom stereocenters. The summed E-state index contributed by atoms with van der Waals surface area (Å²) in [5.74, 6) is -0.467. The molecule has 0 saturated carbocycles. The van der Waals surface area contributed by atoms with E-state index < -0.39 is 10.0 Å². The zero-order valence-corrected chi connectivity index (χ0v) is 12.8. The number of sulfonamides is 1. The van der Waals surface area contributed by atoms with Crippen LogP contribution in [0, 0.1) is 5.82 Å². The average molecular weight is 313 g/mol. The number of benzene rings is 1. The predicted molar refractivity (Wildman–Crippen MR) is 79.7 cm³/mol. The predicted octanol–water partition coefficient (Wildman–Crippen LogP) is 2.89. The van der Waals surface area contributed by atoms with E-state index in [0.717, 1.165) is 4.88 Å². The third-order valence-electron chi connectivity index (χ3n) is 2.99. The first kappa shape index (κ1) is 15.2. The third-order valence-corrected chi connectivity index (χ3v) is 5.76. The van der Waals surface area contributed by atoms with Gasteiger partial charge in [0.25, 0.3) is 0 Å². The second-order valence-corrected chi connectivity index (χ2v) is 7.64. The quantitative estimate of drug-likeness (QED) is 0.822. The van der Waals surface area contributed by atoms with Crippen molar-refractivity contribution in [1.29, 1.82) is 0 Å². The first-order valence-electron chi connectivity index (χ1n) is 6.18. The Morgan fingerprint density at radius 2 is 1.90 bits per heavy atom. The summed E-state index contributed by atoms with van der Waals surface area (Å²) in [6, 6.07) is 9.49. The first-order chi connectivity index (χ1) is 9.47. The number of likely N-dealkylation sites (N-methyl/N-ethyl adjacent to an activating group) is 1. The Morgan fingerprint density at radius 3 is 2.50 bits per heavy atom. The Kier molecular flexibility index (Phi) is 4.91. The monoisotopic (exact) mass is 313 g/mol. The van der Waals surface area contributed by atoms with E-state index in [1.54, 1.807) is 18.4 Å². The highest BCUT2D eigenvalue weighted by atomic mass is 32.2. The molecule has 0 saturated heterocycles. The molecule has 0 aliphatic heterocycles. The normalized spacial score (nSPS) is 11.9. The first-order valence-corrected chi connectivity index (χ1v) is 8.67. The van der Waals surface area contributed by atoms with Crippen LogP contribution in [0.3, 0.4) is 0 Å². The maximum absolute atomic E-state index is 12.8. The van der Waals surface area contributed by atoms with Gasteiger partial charge in [0.05, 0.1) is 5.75 Å². The van der Waals surface area contributed by atoms with Gasteiger partial charge in [-0.25, -0.2) is 17.1 Å². The molecule has 1 aromatic heterocycles. The van der Waals surface area contributed by atoms with Crippen molar-refractivity contribution in [1.82, 2.24) is 4.31 Å². The van der Waals surface area contributed by atoms with Gasteiger partial charge in [-0.15, -0.1) is 11.3 Å². The lowest BCUT2D eigenvalue weighted by atomic mass is 10.2. The Hall–Kier alpha value is -1.24. The van der Waals surface area contributed by atoms with E-state index in [2.05, 4.69) is 0 Å². The lowest BCUT2D eigenvalue weighted by Crippen LogP contribution is -2.30. The van der Waals surface area contributed by atoms with Gasteiger partial charge in [0, 0.05) is 18.5 Å². The minimum Gasteiger partial charge on any atom is -0.212 e. The van der Waals surface area contributed by atoms with Crippen LogP contribution in [0.1, 0.15) is 10.4 Å². The van der Waals surface area contributed by atoms with Crippen molar-refractivity contribution < 1.29 is 12.8 Å². The molecular weight excluding hydrogens is 297 g/mol. The zero-order valence-electron chi connectivity index (χ0n) is 11.1. The maximum Gasteiger partial charge on any atom is 0.218 e. The fraction of sp³-hybridized carbons (Fsp3) is 0.286. The fourth-order valence-electron chi connectivity index (χ4n) is 1.76. The largest absolute Gasteiger partial charge is 0.218 e. The van der Waals surface area contributed by atoms with Gasteiger partial charge in [0.2, 0.25) is 10.0 Å². The van der Waals surface area contributed by atoms with E-state index in [-0.39, 0.29) is 11.6 Å². The average Bonchev–Trinajstić information content (AvgIpc) is 2.91. The molecule has 0 atom stereocenters. The summed E-state index contributed by atoms with van der Waals surface area (Å²) in [5, 5.41) is 1.97. The van der Waals surface area contributed by atoms with Gasteiger partial charge in [0.1, 0.15) is 5.82 Å². The summed E-state index contributed by atoms with van der Waals surface area (Å²) >= 11 is 1.62. The van der Waals surface area contributed by atoms with Crippen LogP contribution in [0.15, 0.2) is 41.8 Å². The van der Waals surface area contributed by atoms with E-state index in [9.17, 15) is 12.8 Å². The highest BCUT2D eigenvalue weighted by Gasteiger charge is 2.18. The van der Waals surface area contributed by atoms with Crippen LogP contribution in [0.5, 0.6) is 0 Å². The van der Waals surface area contributed by atoms with Gasteiger partial charge < -0.3 is 0 Å². The smallest absolute Gasteiger partial charge is 0.212 e. The second kappa shape index (κ2) is 6.47. The highest BCUT2D eigenvalue weighted by molar-refractivity contribution is 7.88. The fourth-order valence-corrected chi connectivity index (χ4v) is 3.66. The van der Waals surface area contributed by atoms with Crippen molar-refractivity contribution in [2.45, 2.75) is 12.2 Å². The molecule has 3 nitrogen and oxygen atoms in total. The summed E-state index contributed by atoms with van der Waals surface area (Å²) in [6.07, 6.45) is 0.705. The topological polar surface area (TPSA) is 37.4 Å². The van der Waals surface area contributed by atoms with E-state index in [1.807, 2.05) is 17.5 Å². The molecule has 2 rings (SSSR count). The van der Waals surface area contributed by atoms with E-state index in [1.165, 1.54) is 28.6 Å². The van der Waals surface area contributed by atoms with Crippen molar-refractivity contribution in [3.8, 4) is 0 Å². The summed E-state index contributed by atoms with van der Waals surface area (Å²) in [7, 11) is -1.79. The number of thiophene rings is 1. The SMILES string of the molecule is CN(CCc1cccs1)S(=O)(=O)Cc1ccc(F)cc1. The summed E-state index contributed by atoms with van der Waals surface area (Å²) in [4.78, 5) is 1.16. The molecule has 0 radical (unpaired) electrons. The molecule has 0 aliphatic carbocycles. The molecule has 1 heterocycles. The number of hydrogen-bond donors (Lipinski definition) is 0. The molecule has 1 aromatic carbocycles. The maximum atomic E-state index is 12.8. The van der Waals surface area contributed by atoms with E-state index >= 15 is 0 Å². The standard InChI is InChI=1S/C14H16FNO2S2/c1-16(9-8-14-3-2-10-19-14)20(17,18)11-12-4-6-13(15)7-5-12/h2-7,10H,8-9,11H2,1H3. The molecule has 0 N–H and O–H groups in total. The molecule has 0 spiro atoms. The van der Waals surface area contributed by atoms with Crippen molar-refractivity contribution in [3.63, 3.8) is 0 Å². The van der Waals surface area contributed by atoms with Gasteiger partial charge in [-0.05, 0) is 35.6 Å². The lowest BCUT2D eigenvalue weighted by molar-refractivity contribution is 0.472. The number of halogens is 1. The molecule has 2 aromatic rings. The van der Waals surface area contributed by atoms with Crippen molar-refractivity contribution in [2.24, 2.45) is 0 Å². The highest BCUT2D eigenvalue weighted by Crippen LogP contribution is 2.13. The van der Waals surface area contributed by atoms with Crippen LogP contribution in [0.2, 0.25) is 0 Å². The Labute approximate surface area is 122 Å². The summed E-state index contributed by atoms with van der Waals surface area (Å²) in [6.45, 7) is 0.448. The minimum atomic E-state index is -3.36. The summed E-state index contributed by atoms with van der Waals surface area (Å²) < 4.78 is 38.5. The van der Waals surface area contributed by atoms with Gasteiger partial charge in [-0.1, -0.05) is 18.2 Å².